The molecule has 4 aromatic rings. The second-order valence-electron chi connectivity index (χ2n) is 7.54. The quantitative estimate of drug-likeness (QED) is 0.339. The van der Waals surface area contributed by atoms with Gasteiger partial charge in [0.05, 0.1) is 28.9 Å². The van der Waals surface area contributed by atoms with Gasteiger partial charge in [0.2, 0.25) is 0 Å². The maximum absolute atomic E-state index is 12.0. The zero-order valence-corrected chi connectivity index (χ0v) is 18.2. The van der Waals surface area contributed by atoms with Crippen molar-refractivity contribution in [2.45, 2.75) is 26.2 Å². The van der Waals surface area contributed by atoms with Crippen LogP contribution in [-0.2, 0) is 6.42 Å². The molecule has 2 aromatic heterocycles. The summed E-state index contributed by atoms with van der Waals surface area (Å²) in [6.45, 7) is 2.52. The van der Waals surface area contributed by atoms with E-state index in [1.165, 1.54) is 0 Å². The van der Waals surface area contributed by atoms with Gasteiger partial charge in [0.15, 0.2) is 0 Å². The van der Waals surface area contributed by atoms with Crippen molar-refractivity contribution in [2.24, 2.45) is 5.73 Å². The molecule has 0 unspecified atom stereocenters. The molecule has 0 aliphatic carbocycles. The number of aryl methyl sites for hydroxylation is 2. The number of hydrogen-bond donors (Lipinski definition) is 3. The molecule has 2 aromatic carbocycles. The number of benzene rings is 2. The number of aromatic amines is 1. The highest BCUT2D eigenvalue weighted by atomic mass is 35.5. The summed E-state index contributed by atoms with van der Waals surface area (Å²) in [5, 5.41) is 11.9. The Hall–Kier alpha value is -3.09. The van der Waals surface area contributed by atoms with Crippen LogP contribution in [-0.4, -0.2) is 34.7 Å². The van der Waals surface area contributed by atoms with Gasteiger partial charge in [0.1, 0.15) is 11.3 Å². The molecule has 0 amide bonds. The fraction of sp³-hybridized carbons (Fsp3) is 0.250. The Morgan fingerprint density at radius 1 is 1.19 bits per heavy atom. The maximum atomic E-state index is 12.0. The number of methoxy groups -OCH3 is 1. The summed E-state index contributed by atoms with van der Waals surface area (Å²) in [6.07, 6.45) is 2.37. The molecule has 0 fully saturated rings. The lowest BCUT2D eigenvalue weighted by Crippen LogP contribution is -2.01. The number of rotatable bonds is 7. The van der Waals surface area contributed by atoms with Gasteiger partial charge in [-0.25, -0.2) is 9.78 Å². The largest absolute Gasteiger partial charge is 0.494 e. The van der Waals surface area contributed by atoms with Gasteiger partial charge in [0.25, 0.3) is 0 Å². The number of carboxylic acid groups (broad SMARTS) is 1. The summed E-state index contributed by atoms with van der Waals surface area (Å²) < 4.78 is 5.53. The number of aromatic carboxylic acids is 1. The Balaban J connectivity index is 2.06. The molecule has 31 heavy (non-hydrogen) atoms. The van der Waals surface area contributed by atoms with Crippen LogP contribution in [0.15, 0.2) is 36.4 Å². The third kappa shape index (κ3) is 3.73. The average molecular weight is 438 g/mol. The Morgan fingerprint density at radius 3 is 2.71 bits per heavy atom. The first kappa shape index (κ1) is 21.2. The molecule has 2 heterocycles. The van der Waals surface area contributed by atoms with Gasteiger partial charge < -0.3 is 20.6 Å². The highest BCUT2D eigenvalue weighted by molar-refractivity contribution is 6.36. The number of ether oxygens (including phenoxy) is 1. The number of pyridine rings is 1. The fourth-order valence-corrected chi connectivity index (χ4v) is 4.32. The molecule has 4 rings (SSSR count). The third-order valence-electron chi connectivity index (χ3n) is 5.57. The minimum absolute atomic E-state index is 0.233. The number of fused-ring (bicyclic) bond motifs is 2. The van der Waals surface area contributed by atoms with E-state index in [1.54, 1.807) is 19.2 Å². The van der Waals surface area contributed by atoms with E-state index in [2.05, 4.69) is 9.97 Å². The number of nitrogens with one attached hydrogen (secondary N) is 1. The molecule has 0 aliphatic rings. The van der Waals surface area contributed by atoms with Crippen LogP contribution in [0.5, 0.6) is 5.75 Å². The summed E-state index contributed by atoms with van der Waals surface area (Å²) in [5.41, 5.74) is 10.9. The van der Waals surface area contributed by atoms with E-state index < -0.39 is 5.97 Å². The summed E-state index contributed by atoms with van der Waals surface area (Å²) in [5.74, 6) is -0.295. The van der Waals surface area contributed by atoms with Gasteiger partial charge in [-0.3, -0.25) is 0 Å². The molecule has 160 valence electrons. The van der Waals surface area contributed by atoms with E-state index in [1.807, 2.05) is 31.2 Å². The molecular weight excluding hydrogens is 414 g/mol. The van der Waals surface area contributed by atoms with Gasteiger partial charge >= 0.3 is 5.97 Å². The van der Waals surface area contributed by atoms with Crippen molar-refractivity contribution < 1.29 is 14.6 Å². The third-order valence-corrected chi connectivity index (χ3v) is 5.88. The number of carboxylic acids is 1. The smallest absolute Gasteiger partial charge is 0.336 e. The lowest BCUT2D eigenvalue weighted by molar-refractivity contribution is 0.0699. The normalized spacial score (nSPS) is 11.4. The van der Waals surface area contributed by atoms with Gasteiger partial charge in [-0.1, -0.05) is 17.7 Å². The molecule has 0 saturated carbocycles. The van der Waals surface area contributed by atoms with Crippen molar-refractivity contribution in [2.75, 3.05) is 13.7 Å². The summed E-state index contributed by atoms with van der Waals surface area (Å²) in [7, 11) is 1.62. The van der Waals surface area contributed by atoms with E-state index in [-0.39, 0.29) is 5.56 Å². The Bertz CT molecular complexity index is 1300. The van der Waals surface area contributed by atoms with E-state index in [0.717, 1.165) is 46.3 Å². The van der Waals surface area contributed by atoms with E-state index in [4.69, 9.17) is 22.1 Å². The van der Waals surface area contributed by atoms with Crippen molar-refractivity contribution in [1.82, 2.24) is 9.97 Å². The highest BCUT2D eigenvalue weighted by Gasteiger charge is 2.22. The number of nitrogens with zero attached hydrogens (tertiary/aromatic N) is 1. The number of halogens is 1. The fourth-order valence-electron chi connectivity index (χ4n) is 4.11. The van der Waals surface area contributed by atoms with Gasteiger partial charge in [-0.05, 0) is 68.6 Å². The molecule has 0 spiro atoms. The van der Waals surface area contributed by atoms with E-state index in [9.17, 15) is 9.90 Å². The maximum Gasteiger partial charge on any atom is 0.336 e. The predicted molar refractivity (Wildman–Crippen MR) is 124 cm³/mol. The highest BCUT2D eigenvalue weighted by Crippen LogP contribution is 2.40. The number of carbonyl (C=O) groups is 1. The molecule has 4 N–H and O–H groups in total. The van der Waals surface area contributed by atoms with Crippen molar-refractivity contribution in [3.05, 3.63) is 58.2 Å². The monoisotopic (exact) mass is 437 g/mol. The van der Waals surface area contributed by atoms with Crippen LogP contribution in [0.2, 0.25) is 5.02 Å². The molecule has 0 saturated heterocycles. The van der Waals surface area contributed by atoms with Crippen molar-refractivity contribution in [3.8, 4) is 17.0 Å². The zero-order chi connectivity index (χ0) is 22.1. The Morgan fingerprint density at radius 2 is 2.00 bits per heavy atom. The molecule has 6 nitrogen and oxygen atoms in total. The van der Waals surface area contributed by atoms with E-state index in [0.29, 0.717) is 34.6 Å². The molecular formula is C24H24ClN3O3. The van der Waals surface area contributed by atoms with Crippen molar-refractivity contribution >= 4 is 39.4 Å². The Labute approximate surface area is 185 Å². The number of nitrogens with two attached hydrogens (primary N) is 1. The predicted octanol–water partition coefficient (Wildman–Crippen LogP) is 5.33. The molecule has 0 aliphatic heterocycles. The standard InChI is InChI=1S/C24H24ClN3O3/c1-13-6-7-15-14(9-11-19(31-2)22(15)27-13)21-16(5-3-4-12-26)20-17(24(29)30)8-10-18(25)23(20)28-21/h6-11,28H,3-5,12,26H2,1-2H3,(H,29,30). The number of hydrogen-bond acceptors (Lipinski definition) is 4. The van der Waals surface area contributed by atoms with Crippen LogP contribution >= 0.6 is 11.6 Å². The number of aromatic nitrogens is 2. The number of H-pyrrole nitrogens is 1. The van der Waals surface area contributed by atoms with Crippen LogP contribution < -0.4 is 10.5 Å². The second-order valence-corrected chi connectivity index (χ2v) is 7.95. The second kappa shape index (κ2) is 8.57. The van der Waals surface area contributed by atoms with Gasteiger partial charge in [-0.2, -0.15) is 0 Å². The molecule has 0 atom stereocenters. The summed E-state index contributed by atoms with van der Waals surface area (Å²) in [4.78, 5) is 20.1. The van der Waals surface area contributed by atoms with Crippen LogP contribution in [0.25, 0.3) is 33.1 Å². The first-order valence-electron chi connectivity index (χ1n) is 10.2. The first-order valence-corrected chi connectivity index (χ1v) is 10.5. The molecule has 7 heteroatoms. The minimum atomic E-state index is -0.982. The van der Waals surface area contributed by atoms with Crippen LogP contribution in [0.4, 0.5) is 0 Å². The minimum Gasteiger partial charge on any atom is -0.494 e. The van der Waals surface area contributed by atoms with Crippen LogP contribution in [0.3, 0.4) is 0 Å². The Kier molecular flexibility index (Phi) is 5.85. The first-order chi connectivity index (χ1) is 15.0. The van der Waals surface area contributed by atoms with Gasteiger partial charge in [0, 0.05) is 22.0 Å². The van der Waals surface area contributed by atoms with Crippen molar-refractivity contribution in [3.63, 3.8) is 0 Å². The van der Waals surface area contributed by atoms with Gasteiger partial charge in [-0.15, -0.1) is 0 Å². The van der Waals surface area contributed by atoms with Crippen molar-refractivity contribution in [1.29, 1.82) is 0 Å². The summed E-state index contributed by atoms with van der Waals surface area (Å²) >= 11 is 6.48. The van der Waals surface area contributed by atoms with Crippen LogP contribution in [0.1, 0.15) is 34.5 Å². The number of unbranched alkanes of at least 4 members (excludes halogenated alkanes) is 1. The average Bonchev–Trinajstić information content (AvgIpc) is 3.13. The lowest BCUT2D eigenvalue weighted by atomic mass is 9.95. The molecule has 0 bridgehead atoms. The van der Waals surface area contributed by atoms with E-state index >= 15 is 0 Å². The SMILES string of the molecule is COc1ccc(-c2[nH]c3c(Cl)ccc(C(=O)O)c3c2CCCCN)c2ccc(C)nc12. The van der Waals surface area contributed by atoms with Crippen LogP contribution in [0, 0.1) is 6.92 Å². The molecule has 0 radical (unpaired) electrons. The summed E-state index contributed by atoms with van der Waals surface area (Å²) in [6, 6.07) is 11.0. The lowest BCUT2D eigenvalue weighted by Gasteiger charge is -2.12. The zero-order valence-electron chi connectivity index (χ0n) is 17.5. The topological polar surface area (TPSA) is 101 Å².